The molecular weight excluding hydrogens is 327 g/mol. The summed E-state index contributed by atoms with van der Waals surface area (Å²) in [5.74, 6) is 0.171. The summed E-state index contributed by atoms with van der Waals surface area (Å²) >= 11 is 7.67. The lowest BCUT2D eigenvalue weighted by molar-refractivity contribution is -0.133. The molecule has 1 saturated heterocycles. The number of hydrogen-bond donors (Lipinski definition) is 1. The van der Waals surface area contributed by atoms with E-state index in [9.17, 15) is 4.79 Å². The molecule has 1 aromatic carbocycles. The van der Waals surface area contributed by atoms with Gasteiger partial charge in [-0.15, -0.1) is 24.2 Å². The van der Waals surface area contributed by atoms with Crippen molar-refractivity contribution in [3.63, 3.8) is 0 Å². The molecule has 1 fully saturated rings. The molecule has 21 heavy (non-hydrogen) atoms. The Bertz CT molecular complexity index is 473. The molecule has 3 nitrogen and oxygen atoms in total. The van der Waals surface area contributed by atoms with Gasteiger partial charge in [0, 0.05) is 24.0 Å². The first-order valence-corrected chi connectivity index (χ1v) is 8.31. The number of benzene rings is 1. The summed E-state index contributed by atoms with van der Waals surface area (Å²) in [5, 5.41) is 0.563. The van der Waals surface area contributed by atoms with E-state index in [1.807, 2.05) is 36.1 Å². The third kappa shape index (κ3) is 4.78. The van der Waals surface area contributed by atoms with Crippen LogP contribution in [0.25, 0.3) is 0 Å². The van der Waals surface area contributed by atoms with Crippen molar-refractivity contribution in [1.29, 1.82) is 0 Å². The van der Waals surface area contributed by atoms with E-state index in [0.29, 0.717) is 11.6 Å². The van der Waals surface area contributed by atoms with Crippen molar-refractivity contribution in [1.82, 2.24) is 4.90 Å². The fourth-order valence-corrected chi connectivity index (χ4v) is 3.77. The topological polar surface area (TPSA) is 46.3 Å². The Kier molecular flexibility index (Phi) is 7.88. The van der Waals surface area contributed by atoms with E-state index in [-0.39, 0.29) is 29.6 Å². The Balaban J connectivity index is 0.00000220. The lowest BCUT2D eigenvalue weighted by Crippen LogP contribution is -2.49. The van der Waals surface area contributed by atoms with Crippen LogP contribution < -0.4 is 5.73 Å². The van der Waals surface area contributed by atoms with Crippen molar-refractivity contribution in [3.05, 3.63) is 29.3 Å². The van der Waals surface area contributed by atoms with Crippen molar-refractivity contribution < 1.29 is 4.79 Å². The van der Waals surface area contributed by atoms with Gasteiger partial charge in [-0.05, 0) is 38.3 Å². The summed E-state index contributed by atoms with van der Waals surface area (Å²) in [7, 11) is 0. The summed E-state index contributed by atoms with van der Waals surface area (Å²) in [6.45, 7) is 3.32. The van der Waals surface area contributed by atoms with Gasteiger partial charge in [0.15, 0.2) is 0 Å². The van der Waals surface area contributed by atoms with Crippen LogP contribution in [-0.4, -0.2) is 35.2 Å². The predicted octanol–water partition coefficient (Wildman–Crippen LogP) is 3.58. The van der Waals surface area contributed by atoms with Crippen LogP contribution in [0.4, 0.5) is 0 Å². The number of thioether (sulfide) groups is 1. The zero-order valence-corrected chi connectivity index (χ0v) is 14.5. The zero-order valence-electron chi connectivity index (χ0n) is 12.1. The van der Waals surface area contributed by atoms with Gasteiger partial charge < -0.3 is 10.6 Å². The fourth-order valence-electron chi connectivity index (χ4n) is 2.55. The van der Waals surface area contributed by atoms with Crippen molar-refractivity contribution in [2.45, 2.75) is 42.4 Å². The van der Waals surface area contributed by atoms with Crippen LogP contribution in [0.2, 0.25) is 5.02 Å². The zero-order chi connectivity index (χ0) is 14.5. The number of rotatable bonds is 4. The van der Waals surface area contributed by atoms with Gasteiger partial charge in [0.25, 0.3) is 0 Å². The van der Waals surface area contributed by atoms with Gasteiger partial charge in [0.1, 0.15) is 0 Å². The van der Waals surface area contributed by atoms with Gasteiger partial charge >= 0.3 is 0 Å². The van der Waals surface area contributed by atoms with E-state index in [2.05, 4.69) is 0 Å². The van der Waals surface area contributed by atoms with Crippen molar-refractivity contribution in [3.8, 4) is 0 Å². The Morgan fingerprint density at radius 1 is 1.48 bits per heavy atom. The van der Waals surface area contributed by atoms with Crippen LogP contribution >= 0.6 is 35.8 Å². The summed E-state index contributed by atoms with van der Waals surface area (Å²) in [6, 6.07) is 7.84. The van der Waals surface area contributed by atoms with Gasteiger partial charge in [-0.3, -0.25) is 4.79 Å². The summed E-state index contributed by atoms with van der Waals surface area (Å²) in [4.78, 5) is 15.5. The molecule has 2 N–H and O–H groups in total. The second-order valence-electron chi connectivity index (χ2n) is 5.11. The van der Waals surface area contributed by atoms with E-state index in [1.165, 1.54) is 11.8 Å². The van der Waals surface area contributed by atoms with Crippen molar-refractivity contribution >= 4 is 41.7 Å². The number of hydrogen-bond acceptors (Lipinski definition) is 3. The van der Waals surface area contributed by atoms with E-state index < -0.39 is 0 Å². The number of carbonyl (C=O) groups excluding carboxylic acids is 1. The first kappa shape index (κ1) is 18.6. The Labute approximate surface area is 142 Å². The summed E-state index contributed by atoms with van der Waals surface area (Å²) < 4.78 is 0. The molecule has 0 radical (unpaired) electrons. The fraction of sp³-hybridized carbons (Fsp3) is 0.533. The predicted molar refractivity (Wildman–Crippen MR) is 92.4 cm³/mol. The molecule has 0 aromatic heterocycles. The Hall–Kier alpha value is -0.420. The van der Waals surface area contributed by atoms with Gasteiger partial charge in [-0.1, -0.05) is 23.7 Å². The molecule has 6 heteroatoms. The molecule has 2 rings (SSSR count). The number of amides is 1. The maximum Gasteiger partial charge on any atom is 0.236 e. The maximum absolute atomic E-state index is 12.6. The number of halogens is 2. The third-order valence-corrected chi connectivity index (χ3v) is 5.28. The molecule has 0 aliphatic carbocycles. The molecule has 1 aliphatic rings. The second-order valence-corrected chi connectivity index (χ2v) is 6.90. The Morgan fingerprint density at radius 3 is 2.86 bits per heavy atom. The quantitative estimate of drug-likeness (QED) is 0.845. The highest BCUT2D eigenvalue weighted by atomic mass is 35.5. The van der Waals surface area contributed by atoms with E-state index >= 15 is 0 Å². The molecular formula is C15H22Cl2N2OS. The van der Waals surface area contributed by atoms with Crippen molar-refractivity contribution in [2.24, 2.45) is 5.73 Å². The average Bonchev–Trinajstić information content (AvgIpc) is 2.48. The van der Waals surface area contributed by atoms with Gasteiger partial charge in [-0.25, -0.2) is 0 Å². The van der Waals surface area contributed by atoms with Crippen LogP contribution in [0.15, 0.2) is 29.2 Å². The number of likely N-dealkylation sites (tertiary alicyclic amines) is 1. The van der Waals surface area contributed by atoms with Crippen LogP contribution in [0, 0.1) is 0 Å². The first-order chi connectivity index (χ1) is 9.63. The molecule has 118 valence electrons. The number of carbonyl (C=O) groups is 1. The number of nitrogens with zero attached hydrogens (tertiary/aromatic N) is 1. The summed E-state index contributed by atoms with van der Waals surface area (Å²) in [6.07, 6.45) is 3.26. The molecule has 2 atom stereocenters. The molecule has 1 aliphatic heterocycles. The average molecular weight is 349 g/mol. The SMILES string of the molecule is CC(Sc1ccccc1Cl)C(=O)N1CCCCC1CN.Cl. The molecule has 1 aromatic rings. The van der Waals surface area contributed by atoms with Crippen LogP contribution in [-0.2, 0) is 4.79 Å². The van der Waals surface area contributed by atoms with E-state index in [0.717, 1.165) is 30.7 Å². The van der Waals surface area contributed by atoms with Crippen LogP contribution in [0.5, 0.6) is 0 Å². The lowest BCUT2D eigenvalue weighted by Gasteiger charge is -2.36. The number of piperidine rings is 1. The van der Waals surface area contributed by atoms with Gasteiger partial charge in [-0.2, -0.15) is 0 Å². The monoisotopic (exact) mass is 348 g/mol. The molecule has 0 spiro atoms. The summed E-state index contributed by atoms with van der Waals surface area (Å²) in [5.41, 5.74) is 5.79. The number of nitrogens with two attached hydrogens (primary N) is 1. The molecule has 1 heterocycles. The molecule has 2 unspecified atom stereocenters. The third-order valence-electron chi connectivity index (χ3n) is 3.67. The maximum atomic E-state index is 12.6. The minimum absolute atomic E-state index is 0. The highest BCUT2D eigenvalue weighted by Crippen LogP contribution is 2.31. The smallest absolute Gasteiger partial charge is 0.236 e. The van der Waals surface area contributed by atoms with E-state index in [1.54, 1.807) is 0 Å². The molecule has 0 saturated carbocycles. The first-order valence-electron chi connectivity index (χ1n) is 7.05. The Morgan fingerprint density at radius 2 is 2.19 bits per heavy atom. The molecule has 1 amide bonds. The van der Waals surface area contributed by atoms with Crippen LogP contribution in [0.1, 0.15) is 26.2 Å². The highest BCUT2D eigenvalue weighted by Gasteiger charge is 2.29. The van der Waals surface area contributed by atoms with Gasteiger partial charge in [0.2, 0.25) is 5.91 Å². The molecule has 0 bridgehead atoms. The minimum Gasteiger partial charge on any atom is -0.337 e. The van der Waals surface area contributed by atoms with Crippen molar-refractivity contribution in [2.75, 3.05) is 13.1 Å². The van der Waals surface area contributed by atoms with E-state index in [4.69, 9.17) is 17.3 Å². The second kappa shape index (κ2) is 8.89. The lowest BCUT2D eigenvalue weighted by atomic mass is 10.0. The highest BCUT2D eigenvalue weighted by molar-refractivity contribution is 8.00. The minimum atomic E-state index is -0.137. The standard InChI is InChI=1S/C15H21ClN2OS.ClH/c1-11(20-14-8-3-2-7-13(14)16)15(19)18-9-5-4-6-12(18)10-17;/h2-3,7-8,11-12H,4-6,9-10,17H2,1H3;1H. The largest absolute Gasteiger partial charge is 0.337 e. The van der Waals surface area contributed by atoms with Crippen LogP contribution in [0.3, 0.4) is 0 Å². The normalized spacial score (nSPS) is 19.8. The van der Waals surface area contributed by atoms with Gasteiger partial charge in [0.05, 0.1) is 10.3 Å².